The van der Waals surface area contributed by atoms with Crippen molar-refractivity contribution in [2.24, 2.45) is 5.92 Å². The maximum Gasteiger partial charge on any atom is 0.244 e. The van der Waals surface area contributed by atoms with E-state index in [0.717, 1.165) is 5.56 Å². The zero-order valence-corrected chi connectivity index (χ0v) is 11.7. The number of carbonyl (C=O) groups excluding carboxylic acids is 1. The van der Waals surface area contributed by atoms with Crippen molar-refractivity contribution in [3.8, 4) is 0 Å². The van der Waals surface area contributed by atoms with Crippen LogP contribution in [0.5, 0.6) is 0 Å². The van der Waals surface area contributed by atoms with Crippen molar-refractivity contribution < 1.29 is 9.21 Å². The number of hydrogen-bond donors (Lipinski definition) is 1. The zero-order chi connectivity index (χ0) is 14.4. The van der Waals surface area contributed by atoms with Crippen LogP contribution in [-0.2, 0) is 4.79 Å². The molecule has 1 heterocycles. The molecule has 2 aromatic rings. The maximum atomic E-state index is 12.0. The lowest BCUT2D eigenvalue weighted by Gasteiger charge is -2.22. The van der Waals surface area contributed by atoms with Crippen LogP contribution < -0.4 is 5.32 Å². The minimum Gasteiger partial charge on any atom is -0.465 e. The Morgan fingerprint density at radius 1 is 1.15 bits per heavy atom. The van der Waals surface area contributed by atoms with Crippen molar-refractivity contribution in [3.05, 3.63) is 66.1 Å². The van der Waals surface area contributed by atoms with Crippen LogP contribution in [0.1, 0.15) is 31.2 Å². The molecule has 0 saturated carbocycles. The number of benzene rings is 1. The van der Waals surface area contributed by atoms with E-state index in [1.165, 1.54) is 6.08 Å². The van der Waals surface area contributed by atoms with Gasteiger partial charge in [-0.1, -0.05) is 44.2 Å². The lowest BCUT2D eigenvalue weighted by molar-refractivity contribution is -0.117. The number of amides is 1. The molecule has 0 spiro atoms. The predicted molar refractivity (Wildman–Crippen MR) is 79.9 cm³/mol. The van der Waals surface area contributed by atoms with Crippen LogP contribution in [0, 0.1) is 5.92 Å². The summed E-state index contributed by atoms with van der Waals surface area (Å²) in [6.45, 7) is 4.18. The Morgan fingerprint density at radius 3 is 2.50 bits per heavy atom. The molecule has 0 aliphatic heterocycles. The molecule has 3 heteroatoms. The van der Waals surface area contributed by atoms with Gasteiger partial charge in [-0.25, -0.2) is 0 Å². The molecule has 0 radical (unpaired) electrons. The van der Waals surface area contributed by atoms with Crippen LogP contribution in [0.15, 0.2) is 59.2 Å². The number of rotatable bonds is 5. The van der Waals surface area contributed by atoms with Gasteiger partial charge in [-0.05, 0) is 29.7 Å². The van der Waals surface area contributed by atoms with Gasteiger partial charge in [-0.3, -0.25) is 4.79 Å². The Morgan fingerprint density at radius 2 is 1.90 bits per heavy atom. The summed E-state index contributed by atoms with van der Waals surface area (Å²) in [5, 5.41) is 3.03. The standard InChI is InChI=1S/C17H19NO2/c1-13(2)17(14-7-4-3-5-8-14)18-16(19)11-10-15-9-6-12-20-15/h3-13,17H,1-2H3,(H,18,19)/b11-10+/t17-/m1/s1. The molecule has 0 aliphatic carbocycles. The van der Waals surface area contributed by atoms with Gasteiger partial charge in [-0.15, -0.1) is 0 Å². The molecule has 1 aromatic carbocycles. The molecule has 104 valence electrons. The van der Waals surface area contributed by atoms with E-state index >= 15 is 0 Å². The quantitative estimate of drug-likeness (QED) is 0.839. The number of hydrogen-bond acceptors (Lipinski definition) is 2. The van der Waals surface area contributed by atoms with Crippen LogP contribution in [0.4, 0.5) is 0 Å². The summed E-state index contributed by atoms with van der Waals surface area (Å²) in [6.07, 6.45) is 4.74. The Kier molecular flexibility index (Phi) is 4.77. The molecular weight excluding hydrogens is 250 g/mol. The second-order valence-electron chi connectivity index (χ2n) is 4.99. The fourth-order valence-corrected chi connectivity index (χ4v) is 2.04. The van der Waals surface area contributed by atoms with Gasteiger partial charge in [-0.2, -0.15) is 0 Å². The fraction of sp³-hybridized carbons (Fsp3) is 0.235. The highest BCUT2D eigenvalue weighted by atomic mass is 16.3. The van der Waals surface area contributed by atoms with Crippen molar-refractivity contribution in [2.75, 3.05) is 0 Å². The first-order valence-electron chi connectivity index (χ1n) is 6.74. The van der Waals surface area contributed by atoms with Crippen molar-refractivity contribution in [3.63, 3.8) is 0 Å². The van der Waals surface area contributed by atoms with Crippen molar-refractivity contribution in [2.45, 2.75) is 19.9 Å². The highest BCUT2D eigenvalue weighted by Crippen LogP contribution is 2.21. The topological polar surface area (TPSA) is 42.2 Å². The summed E-state index contributed by atoms with van der Waals surface area (Å²) >= 11 is 0. The van der Waals surface area contributed by atoms with Crippen LogP contribution in [0.25, 0.3) is 6.08 Å². The van der Waals surface area contributed by atoms with Crippen molar-refractivity contribution >= 4 is 12.0 Å². The molecule has 1 amide bonds. The molecule has 0 aliphatic rings. The SMILES string of the molecule is CC(C)[C@@H](NC(=O)/C=C/c1ccco1)c1ccccc1. The van der Waals surface area contributed by atoms with Crippen molar-refractivity contribution in [1.29, 1.82) is 0 Å². The van der Waals surface area contributed by atoms with Crippen LogP contribution in [0.3, 0.4) is 0 Å². The van der Waals surface area contributed by atoms with E-state index in [4.69, 9.17) is 4.42 Å². The first-order chi connectivity index (χ1) is 9.66. The van der Waals surface area contributed by atoms with Gasteiger partial charge in [0.2, 0.25) is 5.91 Å². The average molecular weight is 269 g/mol. The monoisotopic (exact) mass is 269 g/mol. The second-order valence-corrected chi connectivity index (χ2v) is 4.99. The first-order valence-corrected chi connectivity index (χ1v) is 6.74. The molecule has 1 aromatic heterocycles. The zero-order valence-electron chi connectivity index (χ0n) is 11.7. The highest BCUT2D eigenvalue weighted by molar-refractivity contribution is 5.91. The minimum atomic E-state index is -0.121. The van der Waals surface area contributed by atoms with E-state index in [1.807, 2.05) is 30.3 Å². The summed E-state index contributed by atoms with van der Waals surface area (Å²) in [5.41, 5.74) is 1.11. The Bertz CT molecular complexity index is 556. The molecule has 20 heavy (non-hydrogen) atoms. The number of carbonyl (C=O) groups is 1. The lowest BCUT2D eigenvalue weighted by atomic mass is 9.96. The largest absolute Gasteiger partial charge is 0.465 e. The van der Waals surface area contributed by atoms with Gasteiger partial charge in [0, 0.05) is 6.08 Å². The van der Waals surface area contributed by atoms with Gasteiger partial charge in [0.25, 0.3) is 0 Å². The summed E-state index contributed by atoms with van der Waals surface area (Å²) in [5.74, 6) is 0.864. The summed E-state index contributed by atoms with van der Waals surface area (Å²) in [7, 11) is 0. The third kappa shape index (κ3) is 3.85. The van der Waals surface area contributed by atoms with Gasteiger partial charge in [0.15, 0.2) is 0 Å². The molecule has 1 atom stereocenters. The van der Waals surface area contributed by atoms with Gasteiger partial charge < -0.3 is 9.73 Å². The molecule has 0 saturated heterocycles. The second kappa shape index (κ2) is 6.75. The van der Waals surface area contributed by atoms with Crippen LogP contribution in [0.2, 0.25) is 0 Å². The third-order valence-corrected chi connectivity index (χ3v) is 3.07. The normalized spacial score (nSPS) is 12.8. The summed E-state index contributed by atoms with van der Waals surface area (Å²) in [6, 6.07) is 13.6. The molecule has 2 rings (SSSR count). The van der Waals surface area contributed by atoms with Crippen molar-refractivity contribution in [1.82, 2.24) is 5.32 Å². The van der Waals surface area contributed by atoms with Gasteiger partial charge in [0.1, 0.15) is 5.76 Å². The lowest BCUT2D eigenvalue weighted by Crippen LogP contribution is -2.30. The van der Waals surface area contributed by atoms with Gasteiger partial charge >= 0.3 is 0 Å². The number of nitrogens with one attached hydrogen (secondary N) is 1. The van der Waals surface area contributed by atoms with E-state index in [2.05, 4.69) is 19.2 Å². The highest BCUT2D eigenvalue weighted by Gasteiger charge is 2.16. The molecule has 0 bridgehead atoms. The van der Waals surface area contributed by atoms with Gasteiger partial charge in [0.05, 0.1) is 12.3 Å². The molecular formula is C17H19NO2. The fourth-order valence-electron chi connectivity index (χ4n) is 2.04. The predicted octanol–water partition coefficient (Wildman–Crippen LogP) is 3.81. The third-order valence-electron chi connectivity index (χ3n) is 3.07. The average Bonchev–Trinajstić information content (AvgIpc) is 2.96. The first kappa shape index (κ1) is 14.1. The minimum absolute atomic E-state index is 0.00458. The van der Waals surface area contributed by atoms with Crippen LogP contribution >= 0.6 is 0 Å². The summed E-state index contributed by atoms with van der Waals surface area (Å²) in [4.78, 5) is 12.0. The number of furan rings is 1. The molecule has 0 fully saturated rings. The Hall–Kier alpha value is -2.29. The van der Waals surface area contributed by atoms with E-state index in [9.17, 15) is 4.79 Å². The Labute approximate surface area is 119 Å². The smallest absolute Gasteiger partial charge is 0.244 e. The van der Waals surface area contributed by atoms with E-state index in [-0.39, 0.29) is 11.9 Å². The summed E-state index contributed by atoms with van der Waals surface area (Å²) < 4.78 is 5.15. The van der Waals surface area contributed by atoms with E-state index in [1.54, 1.807) is 24.5 Å². The Balaban J connectivity index is 2.03. The molecule has 0 unspecified atom stereocenters. The van der Waals surface area contributed by atoms with E-state index in [0.29, 0.717) is 11.7 Å². The molecule has 3 nitrogen and oxygen atoms in total. The van der Waals surface area contributed by atoms with E-state index < -0.39 is 0 Å². The maximum absolute atomic E-state index is 12.0. The molecule has 1 N–H and O–H groups in total. The van der Waals surface area contributed by atoms with Crippen LogP contribution in [-0.4, -0.2) is 5.91 Å².